The molecule has 0 fully saturated rings. The maximum absolute atomic E-state index is 13.3. The van der Waals surface area contributed by atoms with E-state index in [-0.39, 0.29) is 11.7 Å². The van der Waals surface area contributed by atoms with Gasteiger partial charge in [0.1, 0.15) is 5.75 Å². The van der Waals surface area contributed by atoms with E-state index in [1.165, 1.54) is 6.07 Å². The van der Waals surface area contributed by atoms with Crippen molar-refractivity contribution in [2.45, 2.75) is 13.1 Å². The van der Waals surface area contributed by atoms with E-state index in [1.54, 1.807) is 41.3 Å². The number of amides is 2. The Balaban J connectivity index is 1.69. The maximum atomic E-state index is 13.3. The summed E-state index contributed by atoms with van der Waals surface area (Å²) in [7, 11) is 0. The fourth-order valence-electron chi connectivity index (χ4n) is 3.63. The summed E-state index contributed by atoms with van der Waals surface area (Å²) in [6.45, 7) is 1.07. The highest BCUT2D eigenvalue weighted by atomic mass is 35.5. The van der Waals surface area contributed by atoms with Gasteiger partial charge in [-0.25, -0.2) is 4.79 Å². The van der Waals surface area contributed by atoms with Gasteiger partial charge in [0.25, 0.3) is 5.91 Å². The largest absolute Gasteiger partial charge is 0.410 e. The fourth-order valence-corrected chi connectivity index (χ4v) is 4.27. The van der Waals surface area contributed by atoms with Gasteiger partial charge in [-0.1, -0.05) is 58.5 Å². The minimum Gasteiger partial charge on any atom is -0.410 e. The molecule has 6 nitrogen and oxygen atoms in total. The molecule has 0 saturated heterocycles. The first kappa shape index (κ1) is 23.5. The highest BCUT2D eigenvalue weighted by Crippen LogP contribution is 2.34. The Morgan fingerprint density at radius 2 is 1.39 bits per heavy atom. The average molecular weight is 525 g/mol. The summed E-state index contributed by atoms with van der Waals surface area (Å²) in [5.41, 5.74) is 7.93. The van der Waals surface area contributed by atoms with Gasteiger partial charge in [0.05, 0.1) is 38.0 Å². The molecule has 1 heterocycles. The molecule has 2 N–H and O–H groups in total. The summed E-state index contributed by atoms with van der Waals surface area (Å²) < 4.78 is 4.98. The first-order chi connectivity index (χ1) is 15.7. The summed E-state index contributed by atoms with van der Waals surface area (Å²) in [5.74, 6) is -0.0446. The van der Waals surface area contributed by atoms with E-state index in [9.17, 15) is 9.59 Å². The molecule has 3 aromatic carbocycles. The minimum absolute atomic E-state index is 0.181. The number of hydrogen-bond donors (Lipinski definition) is 1. The predicted molar refractivity (Wildman–Crippen MR) is 131 cm³/mol. The van der Waals surface area contributed by atoms with Crippen molar-refractivity contribution in [3.63, 3.8) is 0 Å². The number of nitrogens with zero attached hydrogens (tertiary/aromatic N) is 2. The number of benzene rings is 3. The van der Waals surface area contributed by atoms with E-state index < -0.39 is 6.09 Å². The van der Waals surface area contributed by atoms with Crippen molar-refractivity contribution >= 4 is 64.1 Å². The van der Waals surface area contributed by atoms with Gasteiger partial charge in [-0.15, -0.1) is 0 Å². The van der Waals surface area contributed by atoms with Crippen molar-refractivity contribution in [3.05, 3.63) is 91.4 Å². The molecule has 0 spiro atoms. The van der Waals surface area contributed by atoms with Gasteiger partial charge in [0.15, 0.2) is 0 Å². The predicted octanol–water partition coefficient (Wildman–Crippen LogP) is 6.38. The highest BCUT2D eigenvalue weighted by molar-refractivity contribution is 6.42. The number of primary amides is 1. The molecule has 0 unspecified atom stereocenters. The van der Waals surface area contributed by atoms with Crippen molar-refractivity contribution in [2.75, 3.05) is 11.6 Å². The zero-order chi connectivity index (χ0) is 23.7. The molecule has 4 rings (SSSR count). The van der Waals surface area contributed by atoms with Crippen molar-refractivity contribution in [1.82, 2.24) is 4.90 Å². The average Bonchev–Trinajstić information content (AvgIpc) is 2.76. The van der Waals surface area contributed by atoms with E-state index in [1.807, 2.05) is 17.0 Å². The van der Waals surface area contributed by atoms with Gasteiger partial charge in [-0.2, -0.15) is 0 Å². The smallest absolute Gasteiger partial charge is 0.409 e. The molecule has 1 aliphatic rings. The molecular formula is C23H17Cl4N3O3. The summed E-state index contributed by atoms with van der Waals surface area (Å²) in [6.07, 6.45) is -0.960. The van der Waals surface area contributed by atoms with Crippen LogP contribution in [0.5, 0.6) is 5.75 Å². The van der Waals surface area contributed by atoms with Gasteiger partial charge < -0.3 is 20.3 Å². The van der Waals surface area contributed by atoms with Crippen molar-refractivity contribution < 1.29 is 14.3 Å². The Morgan fingerprint density at radius 3 is 1.94 bits per heavy atom. The first-order valence-electron chi connectivity index (χ1n) is 9.74. The third-order valence-electron chi connectivity index (χ3n) is 5.10. The van der Waals surface area contributed by atoms with E-state index in [4.69, 9.17) is 56.9 Å². The quantitative estimate of drug-likeness (QED) is 0.420. The molecule has 33 heavy (non-hydrogen) atoms. The van der Waals surface area contributed by atoms with E-state index in [2.05, 4.69) is 0 Å². The van der Waals surface area contributed by atoms with Crippen LogP contribution in [0, 0.1) is 0 Å². The topological polar surface area (TPSA) is 75.9 Å². The van der Waals surface area contributed by atoms with Crippen molar-refractivity contribution in [3.8, 4) is 5.75 Å². The van der Waals surface area contributed by atoms with Crippen LogP contribution in [0.2, 0.25) is 20.1 Å². The second-order valence-electron chi connectivity index (χ2n) is 7.44. The number of halogens is 4. The number of anilines is 1. The summed E-state index contributed by atoms with van der Waals surface area (Å²) >= 11 is 24.4. The lowest BCUT2D eigenvalue weighted by molar-refractivity contribution is 0.0727. The van der Waals surface area contributed by atoms with Crippen LogP contribution in [0.3, 0.4) is 0 Å². The standard InChI is InChI=1S/C23H17Cl4N3O3/c24-17-4-1-13(7-19(17)26)10-29-12-30(11-14-2-5-18(25)20(27)8-14)22(31)16-9-15(33-23(28)32)3-6-21(16)29/h1-9H,10-12H2,(H2,28,32). The molecule has 10 heteroatoms. The second-order valence-corrected chi connectivity index (χ2v) is 9.07. The lowest BCUT2D eigenvalue weighted by Crippen LogP contribution is -2.46. The normalized spacial score (nSPS) is 13.2. The van der Waals surface area contributed by atoms with Crippen molar-refractivity contribution in [1.29, 1.82) is 0 Å². The van der Waals surface area contributed by atoms with Crippen LogP contribution < -0.4 is 15.4 Å². The Morgan fingerprint density at radius 1 is 0.818 bits per heavy atom. The number of carbonyl (C=O) groups excluding carboxylic acids is 2. The molecule has 0 atom stereocenters. The van der Waals surface area contributed by atoms with Crippen LogP contribution in [0.15, 0.2) is 54.6 Å². The maximum Gasteiger partial charge on any atom is 0.409 e. The number of rotatable bonds is 5. The molecule has 0 bridgehead atoms. The second kappa shape index (κ2) is 9.69. The zero-order valence-corrected chi connectivity index (χ0v) is 20.0. The molecule has 0 saturated carbocycles. The number of hydrogen-bond acceptors (Lipinski definition) is 4. The number of carbonyl (C=O) groups is 2. The van der Waals surface area contributed by atoms with E-state index in [0.717, 1.165) is 11.1 Å². The molecule has 3 aromatic rings. The van der Waals surface area contributed by atoms with Crippen LogP contribution in [0.1, 0.15) is 21.5 Å². The summed E-state index contributed by atoms with van der Waals surface area (Å²) in [4.78, 5) is 28.2. The molecule has 170 valence electrons. The lowest BCUT2D eigenvalue weighted by atomic mass is 10.1. The third-order valence-corrected chi connectivity index (χ3v) is 6.58. The molecule has 2 amide bonds. The summed E-state index contributed by atoms with van der Waals surface area (Å²) in [6, 6.07) is 15.4. The van der Waals surface area contributed by atoms with Gasteiger partial charge >= 0.3 is 6.09 Å². The Hall–Kier alpha value is -2.64. The van der Waals surface area contributed by atoms with Crippen LogP contribution in [0.25, 0.3) is 0 Å². The first-order valence-corrected chi connectivity index (χ1v) is 11.3. The number of fused-ring (bicyclic) bond motifs is 1. The Kier molecular flexibility index (Phi) is 6.91. The lowest BCUT2D eigenvalue weighted by Gasteiger charge is -2.38. The monoisotopic (exact) mass is 523 g/mol. The van der Waals surface area contributed by atoms with Crippen molar-refractivity contribution in [2.24, 2.45) is 5.73 Å². The highest BCUT2D eigenvalue weighted by Gasteiger charge is 2.30. The van der Waals surface area contributed by atoms with Crippen LogP contribution in [-0.2, 0) is 13.1 Å². The molecular weight excluding hydrogens is 508 g/mol. The fraction of sp³-hybridized carbons (Fsp3) is 0.130. The minimum atomic E-state index is -0.960. The Labute approximate surface area is 210 Å². The van der Waals surface area contributed by atoms with Gasteiger partial charge in [0, 0.05) is 13.1 Å². The van der Waals surface area contributed by atoms with Crippen LogP contribution in [0.4, 0.5) is 10.5 Å². The molecule has 1 aliphatic heterocycles. The molecule has 0 radical (unpaired) electrons. The SMILES string of the molecule is NC(=O)Oc1ccc2c(c1)C(=O)N(Cc1ccc(Cl)c(Cl)c1)CN2Cc1ccc(Cl)c(Cl)c1. The van der Waals surface area contributed by atoms with E-state index >= 15 is 0 Å². The number of nitrogens with two attached hydrogens (primary N) is 1. The van der Waals surface area contributed by atoms with Crippen LogP contribution in [-0.4, -0.2) is 23.6 Å². The molecule has 0 aliphatic carbocycles. The van der Waals surface area contributed by atoms with Gasteiger partial charge in [0.2, 0.25) is 0 Å². The Bertz CT molecular complexity index is 1250. The van der Waals surface area contributed by atoms with E-state index in [0.29, 0.717) is 51.1 Å². The van der Waals surface area contributed by atoms with Gasteiger partial charge in [-0.3, -0.25) is 4.79 Å². The summed E-state index contributed by atoms with van der Waals surface area (Å²) in [5, 5.41) is 1.75. The molecule has 0 aromatic heterocycles. The number of ether oxygens (including phenoxy) is 1. The zero-order valence-electron chi connectivity index (χ0n) is 17.0. The van der Waals surface area contributed by atoms with Crippen LogP contribution >= 0.6 is 46.4 Å². The third kappa shape index (κ3) is 5.31. The van der Waals surface area contributed by atoms with Gasteiger partial charge in [-0.05, 0) is 53.6 Å².